The van der Waals surface area contributed by atoms with Crippen LogP contribution in [-0.4, -0.2) is 49.4 Å². The van der Waals surface area contributed by atoms with E-state index in [2.05, 4.69) is 15.6 Å². The highest BCUT2D eigenvalue weighted by Gasteiger charge is 2.19. The van der Waals surface area contributed by atoms with E-state index in [1.54, 1.807) is 6.92 Å². The molecule has 0 aliphatic carbocycles. The van der Waals surface area contributed by atoms with Crippen LogP contribution in [0.25, 0.3) is 10.9 Å². The number of nitrogens with zero attached hydrogens (tertiary/aromatic N) is 1. The number of pyridine rings is 1. The number of aromatic nitrogens is 1. The van der Waals surface area contributed by atoms with Gasteiger partial charge in [-0.1, -0.05) is 18.2 Å². The first kappa shape index (κ1) is 17.6. The number of rotatable bonds is 8. The normalized spacial score (nSPS) is 18.2. The topological polar surface area (TPSA) is 72.5 Å². The monoisotopic (exact) mass is 343 g/mol. The van der Waals surface area contributed by atoms with E-state index in [0.29, 0.717) is 19.7 Å². The van der Waals surface area contributed by atoms with Crippen LogP contribution in [0.2, 0.25) is 0 Å². The lowest BCUT2D eigenvalue weighted by Gasteiger charge is -2.16. The van der Waals surface area contributed by atoms with Crippen LogP contribution in [0.5, 0.6) is 0 Å². The Balaban J connectivity index is 1.35. The Morgan fingerprint density at radius 2 is 2.20 bits per heavy atom. The second-order valence-electron chi connectivity index (χ2n) is 6.22. The number of amides is 1. The molecule has 1 aromatic carbocycles. The van der Waals surface area contributed by atoms with Gasteiger partial charge in [0.05, 0.1) is 18.2 Å². The molecule has 1 amide bonds. The summed E-state index contributed by atoms with van der Waals surface area (Å²) in [5, 5.41) is 7.20. The lowest BCUT2D eigenvalue weighted by Crippen LogP contribution is -2.38. The highest BCUT2D eigenvalue weighted by molar-refractivity contribution is 5.80. The van der Waals surface area contributed by atoms with Crippen molar-refractivity contribution in [2.45, 2.75) is 32.0 Å². The molecule has 2 atom stereocenters. The van der Waals surface area contributed by atoms with Crippen molar-refractivity contribution in [1.82, 2.24) is 10.3 Å². The Morgan fingerprint density at radius 3 is 3.04 bits per heavy atom. The smallest absolute Gasteiger partial charge is 0.248 e. The van der Waals surface area contributed by atoms with Gasteiger partial charge in [-0.15, -0.1) is 0 Å². The van der Waals surface area contributed by atoms with Gasteiger partial charge in [0.2, 0.25) is 5.91 Å². The Hall–Kier alpha value is -2.18. The summed E-state index contributed by atoms with van der Waals surface area (Å²) in [5.41, 5.74) is 0.952. The Morgan fingerprint density at radius 1 is 1.32 bits per heavy atom. The minimum Gasteiger partial charge on any atom is -0.376 e. The molecular weight excluding hydrogens is 318 g/mol. The van der Waals surface area contributed by atoms with E-state index in [0.717, 1.165) is 36.2 Å². The molecular formula is C19H25N3O3. The molecule has 2 N–H and O–H groups in total. The van der Waals surface area contributed by atoms with E-state index in [9.17, 15) is 4.79 Å². The van der Waals surface area contributed by atoms with Crippen LogP contribution >= 0.6 is 0 Å². The van der Waals surface area contributed by atoms with Gasteiger partial charge < -0.3 is 20.1 Å². The van der Waals surface area contributed by atoms with Gasteiger partial charge in [-0.3, -0.25) is 4.79 Å². The number of hydrogen-bond acceptors (Lipinski definition) is 5. The van der Waals surface area contributed by atoms with Crippen LogP contribution < -0.4 is 10.6 Å². The van der Waals surface area contributed by atoms with Gasteiger partial charge in [0.15, 0.2) is 0 Å². The van der Waals surface area contributed by atoms with Gasteiger partial charge in [-0.25, -0.2) is 4.98 Å². The molecule has 1 aliphatic heterocycles. The third-order valence-corrected chi connectivity index (χ3v) is 4.25. The molecule has 134 valence electrons. The second-order valence-corrected chi connectivity index (χ2v) is 6.22. The Labute approximate surface area is 147 Å². The SMILES string of the molecule is CC(OCC1CCCO1)C(=O)NCCNc1ccc2ccccc2n1. The van der Waals surface area contributed by atoms with Crippen molar-refractivity contribution in [3.8, 4) is 0 Å². The summed E-state index contributed by atoms with van der Waals surface area (Å²) < 4.78 is 11.1. The quantitative estimate of drug-likeness (QED) is 0.720. The number of anilines is 1. The van der Waals surface area contributed by atoms with Crippen molar-refractivity contribution in [1.29, 1.82) is 0 Å². The van der Waals surface area contributed by atoms with Crippen LogP contribution in [-0.2, 0) is 14.3 Å². The van der Waals surface area contributed by atoms with E-state index in [1.807, 2.05) is 36.4 Å². The van der Waals surface area contributed by atoms with Crippen LogP contribution in [0.3, 0.4) is 0 Å². The number of nitrogens with one attached hydrogen (secondary N) is 2. The minimum absolute atomic E-state index is 0.105. The molecule has 2 unspecified atom stereocenters. The lowest BCUT2D eigenvalue weighted by molar-refractivity contribution is -0.133. The summed E-state index contributed by atoms with van der Waals surface area (Å²) in [7, 11) is 0. The van der Waals surface area contributed by atoms with Gasteiger partial charge in [-0.05, 0) is 38.0 Å². The lowest BCUT2D eigenvalue weighted by atomic mass is 10.2. The average Bonchev–Trinajstić information content (AvgIpc) is 3.16. The number of fused-ring (bicyclic) bond motifs is 1. The fourth-order valence-electron chi connectivity index (χ4n) is 2.79. The highest BCUT2D eigenvalue weighted by atomic mass is 16.5. The van der Waals surface area contributed by atoms with Crippen molar-refractivity contribution in [3.63, 3.8) is 0 Å². The first-order valence-corrected chi connectivity index (χ1v) is 8.83. The number of carbonyl (C=O) groups excluding carboxylic acids is 1. The van der Waals surface area contributed by atoms with Gasteiger partial charge >= 0.3 is 0 Å². The molecule has 0 radical (unpaired) electrons. The van der Waals surface area contributed by atoms with Crippen molar-refractivity contribution >= 4 is 22.6 Å². The Bertz CT molecular complexity index is 701. The summed E-state index contributed by atoms with van der Waals surface area (Å²) in [6, 6.07) is 12.0. The summed E-state index contributed by atoms with van der Waals surface area (Å²) in [5.74, 6) is 0.696. The van der Waals surface area contributed by atoms with Crippen molar-refractivity contribution < 1.29 is 14.3 Å². The molecule has 6 nitrogen and oxygen atoms in total. The average molecular weight is 343 g/mol. The predicted octanol–water partition coefficient (Wildman–Crippen LogP) is 2.35. The predicted molar refractivity (Wildman–Crippen MR) is 97.6 cm³/mol. The molecule has 25 heavy (non-hydrogen) atoms. The van der Waals surface area contributed by atoms with Crippen molar-refractivity contribution in [3.05, 3.63) is 36.4 Å². The summed E-state index contributed by atoms with van der Waals surface area (Å²) in [6.07, 6.45) is 1.75. The highest BCUT2D eigenvalue weighted by Crippen LogP contribution is 2.14. The fraction of sp³-hybridized carbons (Fsp3) is 0.474. The number of carbonyl (C=O) groups is 1. The second kappa shape index (κ2) is 8.78. The molecule has 0 spiro atoms. The molecule has 2 aromatic rings. The zero-order valence-corrected chi connectivity index (χ0v) is 14.5. The molecule has 1 fully saturated rings. The minimum atomic E-state index is -0.469. The molecule has 1 saturated heterocycles. The fourth-order valence-corrected chi connectivity index (χ4v) is 2.79. The van der Waals surface area contributed by atoms with E-state index < -0.39 is 6.10 Å². The third kappa shape index (κ3) is 5.14. The maximum absolute atomic E-state index is 12.0. The first-order valence-electron chi connectivity index (χ1n) is 8.83. The van der Waals surface area contributed by atoms with Gasteiger partial charge in [0, 0.05) is 25.1 Å². The van der Waals surface area contributed by atoms with Crippen LogP contribution in [0.4, 0.5) is 5.82 Å². The zero-order valence-electron chi connectivity index (χ0n) is 14.5. The van der Waals surface area contributed by atoms with Crippen LogP contribution in [0.1, 0.15) is 19.8 Å². The largest absolute Gasteiger partial charge is 0.376 e. The molecule has 6 heteroatoms. The van der Waals surface area contributed by atoms with E-state index >= 15 is 0 Å². The van der Waals surface area contributed by atoms with Gasteiger partial charge in [0.1, 0.15) is 11.9 Å². The Kier molecular flexibility index (Phi) is 6.19. The standard InChI is InChI=1S/C19H25N3O3/c1-14(25-13-16-6-4-12-24-16)19(23)21-11-10-20-18-9-8-15-5-2-3-7-17(15)22-18/h2-3,5,7-9,14,16H,4,6,10-13H2,1H3,(H,20,22)(H,21,23). The molecule has 1 aromatic heterocycles. The number of ether oxygens (including phenoxy) is 2. The summed E-state index contributed by atoms with van der Waals surface area (Å²) in [4.78, 5) is 16.6. The van der Waals surface area contributed by atoms with E-state index in [4.69, 9.17) is 9.47 Å². The third-order valence-electron chi connectivity index (χ3n) is 4.25. The van der Waals surface area contributed by atoms with Crippen molar-refractivity contribution in [2.24, 2.45) is 0 Å². The first-order chi connectivity index (χ1) is 12.2. The van der Waals surface area contributed by atoms with Crippen LogP contribution in [0, 0.1) is 0 Å². The van der Waals surface area contributed by atoms with E-state index in [-0.39, 0.29) is 12.0 Å². The number of para-hydroxylation sites is 1. The zero-order chi connectivity index (χ0) is 17.5. The summed E-state index contributed by atoms with van der Waals surface area (Å²) >= 11 is 0. The van der Waals surface area contributed by atoms with Gasteiger partial charge in [-0.2, -0.15) is 0 Å². The molecule has 0 bridgehead atoms. The number of benzene rings is 1. The molecule has 0 saturated carbocycles. The van der Waals surface area contributed by atoms with E-state index in [1.165, 1.54) is 0 Å². The maximum atomic E-state index is 12.0. The summed E-state index contributed by atoms with van der Waals surface area (Å²) in [6.45, 7) is 4.16. The van der Waals surface area contributed by atoms with Crippen molar-refractivity contribution in [2.75, 3.05) is 31.6 Å². The number of hydrogen-bond donors (Lipinski definition) is 2. The van der Waals surface area contributed by atoms with Crippen LogP contribution in [0.15, 0.2) is 36.4 Å². The maximum Gasteiger partial charge on any atom is 0.248 e. The molecule has 2 heterocycles. The van der Waals surface area contributed by atoms with Gasteiger partial charge in [0.25, 0.3) is 0 Å². The molecule has 3 rings (SSSR count). The molecule has 1 aliphatic rings.